The van der Waals surface area contributed by atoms with Gasteiger partial charge in [-0.05, 0) is 51.0 Å². The quantitative estimate of drug-likeness (QED) is 0.812. The highest BCUT2D eigenvalue weighted by Crippen LogP contribution is 2.21. The number of hydrogen-bond acceptors (Lipinski definition) is 2. The number of anilines is 1. The van der Waals surface area contributed by atoms with E-state index in [2.05, 4.69) is 57.3 Å². The Labute approximate surface area is 121 Å². The molecule has 0 fully saturated rings. The lowest BCUT2D eigenvalue weighted by molar-refractivity contribution is 0.333. The highest BCUT2D eigenvalue weighted by atomic mass is 16.5. The van der Waals surface area contributed by atoms with Crippen LogP contribution in [0.15, 0.2) is 36.4 Å². The minimum Gasteiger partial charge on any atom is -0.492 e. The standard InChI is InChI=1S/C18H23NO/c1-13-5-7-17(8-6-13)20-10-9-19-18-15(3)11-14(2)12-16(18)4/h5-8,11-12,19H,9-10H2,1-4H3. The van der Waals surface area contributed by atoms with Crippen LogP contribution in [0.4, 0.5) is 5.69 Å². The van der Waals surface area contributed by atoms with Crippen molar-refractivity contribution in [3.8, 4) is 5.75 Å². The van der Waals surface area contributed by atoms with E-state index in [-0.39, 0.29) is 0 Å². The maximum absolute atomic E-state index is 5.72. The molecule has 0 aliphatic rings. The van der Waals surface area contributed by atoms with Crippen molar-refractivity contribution in [3.05, 3.63) is 58.7 Å². The molecule has 2 rings (SSSR count). The van der Waals surface area contributed by atoms with Crippen LogP contribution in [0.5, 0.6) is 5.75 Å². The predicted molar refractivity (Wildman–Crippen MR) is 85.8 cm³/mol. The molecule has 0 spiro atoms. The predicted octanol–water partition coefficient (Wildman–Crippen LogP) is 4.41. The summed E-state index contributed by atoms with van der Waals surface area (Å²) in [5, 5.41) is 3.47. The minimum atomic E-state index is 0.663. The maximum Gasteiger partial charge on any atom is 0.119 e. The zero-order valence-corrected chi connectivity index (χ0v) is 12.8. The van der Waals surface area contributed by atoms with Crippen molar-refractivity contribution in [2.45, 2.75) is 27.7 Å². The average molecular weight is 269 g/mol. The number of benzene rings is 2. The maximum atomic E-state index is 5.72. The first-order valence-corrected chi connectivity index (χ1v) is 7.07. The third-order valence-electron chi connectivity index (χ3n) is 3.37. The third-order valence-corrected chi connectivity index (χ3v) is 3.37. The summed E-state index contributed by atoms with van der Waals surface area (Å²) < 4.78 is 5.72. The van der Waals surface area contributed by atoms with Gasteiger partial charge in [-0.2, -0.15) is 0 Å². The molecular weight excluding hydrogens is 246 g/mol. The smallest absolute Gasteiger partial charge is 0.119 e. The molecule has 2 heteroatoms. The molecule has 0 saturated carbocycles. The molecule has 106 valence electrons. The first-order chi connectivity index (χ1) is 9.56. The Morgan fingerprint density at radius 1 is 0.850 bits per heavy atom. The molecule has 0 atom stereocenters. The van der Waals surface area contributed by atoms with E-state index in [1.807, 2.05) is 12.1 Å². The van der Waals surface area contributed by atoms with Gasteiger partial charge < -0.3 is 10.1 Å². The first kappa shape index (κ1) is 14.4. The highest BCUT2D eigenvalue weighted by Gasteiger charge is 2.03. The Balaban J connectivity index is 1.86. The van der Waals surface area contributed by atoms with Crippen LogP contribution in [0.1, 0.15) is 22.3 Å². The van der Waals surface area contributed by atoms with E-state index in [4.69, 9.17) is 4.74 Å². The van der Waals surface area contributed by atoms with E-state index in [0.717, 1.165) is 12.3 Å². The van der Waals surface area contributed by atoms with Crippen LogP contribution in [0.3, 0.4) is 0 Å². The summed E-state index contributed by atoms with van der Waals surface area (Å²) in [6, 6.07) is 12.6. The van der Waals surface area contributed by atoms with Crippen LogP contribution in [0.25, 0.3) is 0 Å². The van der Waals surface area contributed by atoms with Crippen molar-refractivity contribution in [2.24, 2.45) is 0 Å². The van der Waals surface area contributed by atoms with Crippen molar-refractivity contribution in [2.75, 3.05) is 18.5 Å². The zero-order chi connectivity index (χ0) is 14.5. The van der Waals surface area contributed by atoms with E-state index >= 15 is 0 Å². The number of nitrogens with one attached hydrogen (secondary N) is 1. The summed E-state index contributed by atoms with van der Waals surface area (Å²) in [6.45, 7) is 9.96. The molecule has 0 aliphatic carbocycles. The third kappa shape index (κ3) is 3.77. The monoisotopic (exact) mass is 269 g/mol. The highest BCUT2D eigenvalue weighted by molar-refractivity contribution is 5.58. The summed E-state index contributed by atoms with van der Waals surface area (Å²) in [5.74, 6) is 0.926. The lowest BCUT2D eigenvalue weighted by atomic mass is 10.1. The fraction of sp³-hybridized carbons (Fsp3) is 0.333. The summed E-state index contributed by atoms with van der Waals surface area (Å²) >= 11 is 0. The van der Waals surface area contributed by atoms with E-state index in [1.165, 1.54) is 27.9 Å². The largest absolute Gasteiger partial charge is 0.492 e. The van der Waals surface area contributed by atoms with Crippen LogP contribution >= 0.6 is 0 Å². The van der Waals surface area contributed by atoms with Crippen LogP contribution in [-0.2, 0) is 0 Å². The summed E-state index contributed by atoms with van der Waals surface area (Å²) in [6.07, 6.45) is 0. The Hall–Kier alpha value is -1.96. The average Bonchev–Trinajstić information content (AvgIpc) is 2.39. The van der Waals surface area contributed by atoms with Gasteiger partial charge in [0, 0.05) is 12.2 Å². The van der Waals surface area contributed by atoms with Crippen molar-refractivity contribution in [1.82, 2.24) is 0 Å². The lowest BCUT2D eigenvalue weighted by Crippen LogP contribution is -2.13. The van der Waals surface area contributed by atoms with Crippen molar-refractivity contribution in [1.29, 1.82) is 0 Å². The van der Waals surface area contributed by atoms with Crippen molar-refractivity contribution in [3.63, 3.8) is 0 Å². The summed E-state index contributed by atoms with van der Waals surface area (Å²) in [4.78, 5) is 0. The molecule has 0 heterocycles. The summed E-state index contributed by atoms with van der Waals surface area (Å²) in [7, 11) is 0. The Kier molecular flexibility index (Phi) is 4.67. The fourth-order valence-corrected chi connectivity index (χ4v) is 2.44. The Morgan fingerprint density at radius 3 is 2.05 bits per heavy atom. The van der Waals surface area contributed by atoms with E-state index in [1.54, 1.807) is 0 Å². The molecule has 2 aromatic rings. The molecule has 0 unspecified atom stereocenters. The van der Waals surface area contributed by atoms with E-state index in [0.29, 0.717) is 6.61 Å². The second kappa shape index (κ2) is 6.47. The molecule has 1 N–H and O–H groups in total. The van der Waals surface area contributed by atoms with Gasteiger partial charge in [-0.25, -0.2) is 0 Å². The number of ether oxygens (including phenoxy) is 1. The van der Waals surface area contributed by atoms with Gasteiger partial charge in [0.15, 0.2) is 0 Å². The van der Waals surface area contributed by atoms with E-state index in [9.17, 15) is 0 Å². The second-order valence-electron chi connectivity index (χ2n) is 5.36. The van der Waals surface area contributed by atoms with Gasteiger partial charge in [-0.15, -0.1) is 0 Å². The molecule has 0 saturated heterocycles. The van der Waals surface area contributed by atoms with Crippen LogP contribution in [0, 0.1) is 27.7 Å². The number of hydrogen-bond donors (Lipinski definition) is 1. The van der Waals surface area contributed by atoms with Gasteiger partial charge in [0.05, 0.1) is 0 Å². The normalized spacial score (nSPS) is 10.4. The topological polar surface area (TPSA) is 21.3 Å². The van der Waals surface area contributed by atoms with Crippen LogP contribution in [-0.4, -0.2) is 13.2 Å². The van der Waals surface area contributed by atoms with Crippen molar-refractivity contribution < 1.29 is 4.74 Å². The van der Waals surface area contributed by atoms with Gasteiger partial charge in [0.25, 0.3) is 0 Å². The second-order valence-corrected chi connectivity index (χ2v) is 5.36. The van der Waals surface area contributed by atoms with Gasteiger partial charge >= 0.3 is 0 Å². The Morgan fingerprint density at radius 2 is 1.45 bits per heavy atom. The molecule has 0 bridgehead atoms. The van der Waals surface area contributed by atoms with Gasteiger partial charge in [0.1, 0.15) is 12.4 Å². The molecule has 20 heavy (non-hydrogen) atoms. The zero-order valence-electron chi connectivity index (χ0n) is 12.8. The molecule has 0 aromatic heterocycles. The summed E-state index contributed by atoms with van der Waals surface area (Å²) in [5.41, 5.74) is 6.36. The minimum absolute atomic E-state index is 0.663. The first-order valence-electron chi connectivity index (χ1n) is 7.07. The van der Waals surface area contributed by atoms with Crippen LogP contribution < -0.4 is 10.1 Å². The molecule has 2 aromatic carbocycles. The number of aryl methyl sites for hydroxylation is 4. The van der Waals surface area contributed by atoms with Crippen LogP contribution in [0.2, 0.25) is 0 Å². The number of rotatable bonds is 5. The fourth-order valence-electron chi connectivity index (χ4n) is 2.44. The van der Waals surface area contributed by atoms with Crippen molar-refractivity contribution >= 4 is 5.69 Å². The molecule has 0 radical (unpaired) electrons. The molecule has 0 amide bonds. The van der Waals surface area contributed by atoms with Gasteiger partial charge in [-0.1, -0.05) is 35.4 Å². The van der Waals surface area contributed by atoms with Gasteiger partial charge in [0.2, 0.25) is 0 Å². The molecule has 2 nitrogen and oxygen atoms in total. The van der Waals surface area contributed by atoms with Gasteiger partial charge in [-0.3, -0.25) is 0 Å². The Bertz CT molecular complexity index is 549. The van der Waals surface area contributed by atoms with E-state index < -0.39 is 0 Å². The molecule has 0 aliphatic heterocycles. The SMILES string of the molecule is Cc1ccc(OCCNc2c(C)cc(C)cc2C)cc1. The molecular formula is C18H23NO. The lowest BCUT2D eigenvalue weighted by Gasteiger charge is -2.14.